The number of rotatable bonds is 6. The first kappa shape index (κ1) is 23.0. The number of hydrogen-bond donors (Lipinski definition) is 0. The summed E-state index contributed by atoms with van der Waals surface area (Å²) in [5, 5.41) is 1.95. The molecule has 3 aromatic heterocycles. The Hall–Kier alpha value is -3.40. The molecule has 0 bridgehead atoms. The van der Waals surface area contributed by atoms with Crippen LogP contribution in [0.1, 0.15) is 15.4 Å². The van der Waals surface area contributed by atoms with Gasteiger partial charge in [0.05, 0.1) is 40.7 Å². The molecule has 0 aliphatic carbocycles. The number of carbonyl (C=O) groups is 1. The molecule has 1 aliphatic heterocycles. The normalized spacial score (nSPS) is 14.6. The van der Waals surface area contributed by atoms with Crippen LogP contribution in [-0.4, -0.2) is 65.5 Å². The predicted molar refractivity (Wildman–Crippen MR) is 145 cm³/mol. The number of amides is 1. The van der Waals surface area contributed by atoms with Crippen molar-refractivity contribution in [3.05, 3.63) is 70.5 Å². The molecule has 0 unspecified atom stereocenters. The lowest BCUT2D eigenvalue weighted by atomic mass is 10.1. The van der Waals surface area contributed by atoms with E-state index in [0.29, 0.717) is 0 Å². The van der Waals surface area contributed by atoms with E-state index in [1.165, 1.54) is 11.3 Å². The largest absolute Gasteiger partial charge is 0.497 e. The number of thiophene rings is 1. The van der Waals surface area contributed by atoms with Gasteiger partial charge in [-0.25, -0.2) is 4.98 Å². The summed E-state index contributed by atoms with van der Waals surface area (Å²) in [4.78, 5) is 24.0. The topological polar surface area (TPSA) is 59.3 Å². The van der Waals surface area contributed by atoms with E-state index >= 15 is 0 Å². The smallest absolute Gasteiger partial charge is 0.264 e. The Bertz CT molecular complexity index is 1510. The maximum Gasteiger partial charge on any atom is 0.264 e. The van der Waals surface area contributed by atoms with Crippen LogP contribution in [0, 0.1) is 0 Å². The van der Waals surface area contributed by atoms with E-state index < -0.39 is 0 Å². The minimum absolute atomic E-state index is 0.132. The van der Waals surface area contributed by atoms with Crippen LogP contribution in [0.5, 0.6) is 11.5 Å². The SMILES string of the molecule is COc1ccc(-c2nc3sc4cc(OC)ccc4n3c2CN2CCN(C(=O)c3cccs3)CC2)cc1. The summed E-state index contributed by atoms with van der Waals surface area (Å²) < 4.78 is 14.2. The molecule has 2 aromatic carbocycles. The first-order chi connectivity index (χ1) is 17.6. The van der Waals surface area contributed by atoms with Crippen molar-refractivity contribution in [2.45, 2.75) is 6.54 Å². The molecule has 1 saturated heterocycles. The van der Waals surface area contributed by atoms with Gasteiger partial charge in [-0.1, -0.05) is 17.4 Å². The van der Waals surface area contributed by atoms with Gasteiger partial charge in [0.2, 0.25) is 0 Å². The second kappa shape index (κ2) is 9.57. The van der Waals surface area contributed by atoms with Crippen LogP contribution in [0.25, 0.3) is 26.4 Å². The highest BCUT2D eigenvalue weighted by molar-refractivity contribution is 7.23. The summed E-state index contributed by atoms with van der Waals surface area (Å²) in [6, 6.07) is 18.1. The highest BCUT2D eigenvalue weighted by Gasteiger charge is 2.26. The quantitative estimate of drug-likeness (QED) is 0.307. The number of thiazole rings is 1. The van der Waals surface area contributed by atoms with E-state index in [1.54, 1.807) is 25.6 Å². The highest BCUT2D eigenvalue weighted by Crippen LogP contribution is 2.36. The summed E-state index contributed by atoms with van der Waals surface area (Å²) in [7, 11) is 3.37. The predicted octanol–water partition coefficient (Wildman–Crippen LogP) is 5.25. The summed E-state index contributed by atoms with van der Waals surface area (Å²) in [5.41, 5.74) is 4.34. The number of benzene rings is 2. The van der Waals surface area contributed by atoms with E-state index in [9.17, 15) is 4.79 Å². The molecule has 0 saturated carbocycles. The fraction of sp³-hybridized carbons (Fsp3) is 0.259. The summed E-state index contributed by atoms with van der Waals surface area (Å²) >= 11 is 3.17. The lowest BCUT2D eigenvalue weighted by Crippen LogP contribution is -2.48. The van der Waals surface area contributed by atoms with Gasteiger partial charge in [0.15, 0.2) is 4.96 Å². The zero-order valence-electron chi connectivity index (χ0n) is 20.1. The van der Waals surface area contributed by atoms with E-state index in [4.69, 9.17) is 14.5 Å². The fourth-order valence-corrected chi connectivity index (χ4v) is 6.50. The van der Waals surface area contributed by atoms with Crippen molar-refractivity contribution in [3.63, 3.8) is 0 Å². The molecule has 0 N–H and O–H groups in total. The van der Waals surface area contributed by atoms with Crippen LogP contribution in [-0.2, 0) is 6.54 Å². The number of fused-ring (bicyclic) bond motifs is 3. The van der Waals surface area contributed by atoms with Gasteiger partial charge in [-0.3, -0.25) is 14.1 Å². The van der Waals surface area contributed by atoms with Gasteiger partial charge in [0, 0.05) is 38.3 Å². The maximum absolute atomic E-state index is 12.8. The van der Waals surface area contributed by atoms with Crippen molar-refractivity contribution in [3.8, 4) is 22.8 Å². The zero-order chi connectivity index (χ0) is 24.6. The third kappa shape index (κ3) is 4.13. The van der Waals surface area contributed by atoms with Gasteiger partial charge >= 0.3 is 0 Å². The fourth-order valence-electron chi connectivity index (χ4n) is 4.74. The van der Waals surface area contributed by atoms with E-state index in [0.717, 1.165) is 81.2 Å². The minimum Gasteiger partial charge on any atom is -0.497 e. The Morgan fingerprint density at radius 1 is 0.972 bits per heavy atom. The van der Waals surface area contributed by atoms with Crippen molar-refractivity contribution >= 4 is 43.8 Å². The molecule has 0 radical (unpaired) electrons. The van der Waals surface area contributed by atoms with Crippen LogP contribution in [0.3, 0.4) is 0 Å². The molecular formula is C27H26N4O3S2. The molecule has 0 spiro atoms. The van der Waals surface area contributed by atoms with Crippen LogP contribution in [0.15, 0.2) is 60.0 Å². The second-order valence-corrected chi connectivity index (χ2v) is 10.7. The first-order valence-corrected chi connectivity index (χ1v) is 13.5. The Kier molecular flexibility index (Phi) is 6.12. The molecule has 1 aliphatic rings. The summed E-state index contributed by atoms with van der Waals surface area (Å²) in [6.07, 6.45) is 0. The van der Waals surface area contributed by atoms with Gasteiger partial charge in [-0.05, 0) is 53.9 Å². The number of imidazole rings is 1. The third-order valence-electron chi connectivity index (χ3n) is 6.68. The molecule has 6 rings (SSSR count). The minimum atomic E-state index is 0.132. The van der Waals surface area contributed by atoms with Crippen molar-refractivity contribution < 1.29 is 14.3 Å². The molecule has 0 atom stereocenters. The molecule has 184 valence electrons. The van der Waals surface area contributed by atoms with Gasteiger partial charge in [-0.2, -0.15) is 0 Å². The number of hydrogen-bond acceptors (Lipinski definition) is 7. The Morgan fingerprint density at radius 2 is 1.72 bits per heavy atom. The number of carbonyl (C=O) groups excluding carboxylic acids is 1. The number of piperazine rings is 1. The molecule has 4 heterocycles. The van der Waals surface area contributed by atoms with Crippen molar-refractivity contribution in [1.82, 2.24) is 19.2 Å². The lowest BCUT2D eigenvalue weighted by molar-refractivity contribution is 0.0632. The summed E-state index contributed by atoms with van der Waals surface area (Å²) in [6.45, 7) is 3.84. The van der Waals surface area contributed by atoms with Crippen molar-refractivity contribution in [2.75, 3.05) is 40.4 Å². The van der Waals surface area contributed by atoms with Gasteiger partial charge in [0.1, 0.15) is 11.5 Å². The number of methoxy groups -OCH3 is 2. The molecule has 7 nitrogen and oxygen atoms in total. The number of nitrogens with zero attached hydrogens (tertiary/aromatic N) is 4. The lowest BCUT2D eigenvalue weighted by Gasteiger charge is -2.34. The van der Waals surface area contributed by atoms with Crippen molar-refractivity contribution in [1.29, 1.82) is 0 Å². The first-order valence-electron chi connectivity index (χ1n) is 11.8. The zero-order valence-corrected chi connectivity index (χ0v) is 21.8. The van der Waals surface area contributed by atoms with Crippen LogP contribution >= 0.6 is 22.7 Å². The molecular weight excluding hydrogens is 492 g/mol. The van der Waals surface area contributed by atoms with Crippen LogP contribution < -0.4 is 9.47 Å². The standard InChI is InChI=1S/C27H26N4O3S2/c1-33-19-7-5-18(6-8-19)25-22(31-21-10-9-20(34-2)16-24(21)36-27(31)28-25)17-29-11-13-30(14-12-29)26(32)23-4-3-15-35-23/h3-10,15-16H,11-14,17H2,1-2H3. The number of aromatic nitrogens is 2. The van der Waals surface area contributed by atoms with Crippen LogP contribution in [0.2, 0.25) is 0 Å². The van der Waals surface area contributed by atoms with Crippen molar-refractivity contribution in [2.24, 2.45) is 0 Å². The van der Waals surface area contributed by atoms with Gasteiger partial charge < -0.3 is 14.4 Å². The Morgan fingerprint density at radius 3 is 2.42 bits per heavy atom. The number of ether oxygens (including phenoxy) is 2. The molecule has 1 amide bonds. The third-order valence-corrected chi connectivity index (χ3v) is 8.54. The van der Waals surface area contributed by atoms with Gasteiger partial charge in [-0.15, -0.1) is 11.3 Å². The molecule has 9 heteroatoms. The Labute approximate surface area is 217 Å². The molecule has 5 aromatic rings. The average molecular weight is 519 g/mol. The Balaban J connectivity index is 1.33. The average Bonchev–Trinajstić information content (AvgIpc) is 3.65. The highest BCUT2D eigenvalue weighted by atomic mass is 32.1. The maximum atomic E-state index is 12.8. The van der Waals surface area contributed by atoms with Gasteiger partial charge in [0.25, 0.3) is 5.91 Å². The van der Waals surface area contributed by atoms with E-state index in [-0.39, 0.29) is 5.91 Å². The molecule has 36 heavy (non-hydrogen) atoms. The monoisotopic (exact) mass is 518 g/mol. The second-order valence-electron chi connectivity index (χ2n) is 8.73. The van der Waals surface area contributed by atoms with E-state index in [1.807, 2.05) is 40.6 Å². The van der Waals surface area contributed by atoms with E-state index in [2.05, 4.69) is 33.6 Å². The van der Waals surface area contributed by atoms with Crippen LogP contribution in [0.4, 0.5) is 0 Å². The molecule has 1 fully saturated rings. The summed E-state index contributed by atoms with van der Waals surface area (Å²) in [5.74, 6) is 1.80.